The van der Waals surface area contributed by atoms with Gasteiger partial charge in [-0.3, -0.25) is 19.4 Å². The summed E-state index contributed by atoms with van der Waals surface area (Å²) < 4.78 is 19.1. The maximum Gasteiger partial charge on any atom is 0.319 e. The number of aliphatic imine (C=N–C) groups is 1. The standard InChI is InChI=1S/C17H21FN4O2.C8H15NO2/c1-8(19)14-12(6-17(2,3)7-13(14)23)22-9-4-10(18)15(16(21)24)11(20)5-9;9-6-8(10)11-7-4-2-1-3-5-7/h4-5H,6-7,19-20H2,1-3H3,(H2,21,24);7H,1-6,9H2/b14-8+,22-12?;. The van der Waals surface area contributed by atoms with Crippen LogP contribution in [0.5, 0.6) is 0 Å². The Morgan fingerprint density at radius 3 is 2.29 bits per heavy atom. The number of allylic oxidation sites excluding steroid dienone is 2. The fourth-order valence-corrected chi connectivity index (χ4v) is 4.34. The van der Waals surface area contributed by atoms with Gasteiger partial charge in [-0.25, -0.2) is 4.39 Å². The van der Waals surface area contributed by atoms with E-state index in [4.69, 9.17) is 27.7 Å². The highest BCUT2D eigenvalue weighted by molar-refractivity contribution is 6.25. The van der Waals surface area contributed by atoms with Crippen LogP contribution in [0.4, 0.5) is 15.8 Å². The average Bonchev–Trinajstić information content (AvgIpc) is 2.72. The Bertz CT molecular complexity index is 1020. The van der Waals surface area contributed by atoms with Gasteiger partial charge in [-0.05, 0) is 50.5 Å². The number of Topliss-reactive ketones (excluding diaryl/α,β-unsaturated/α-hetero) is 1. The molecule has 0 aliphatic heterocycles. The van der Waals surface area contributed by atoms with Crippen LogP contribution >= 0.6 is 0 Å². The number of primary amides is 1. The molecule has 35 heavy (non-hydrogen) atoms. The molecular formula is C25H36FN5O4. The first-order chi connectivity index (χ1) is 16.3. The monoisotopic (exact) mass is 489 g/mol. The van der Waals surface area contributed by atoms with Crippen LogP contribution in [0.15, 0.2) is 28.4 Å². The van der Waals surface area contributed by atoms with Gasteiger partial charge in [0.25, 0.3) is 5.91 Å². The number of carbonyl (C=O) groups is 3. The summed E-state index contributed by atoms with van der Waals surface area (Å²) in [5.41, 5.74) is 22.4. The molecule has 0 radical (unpaired) electrons. The minimum absolute atomic E-state index is 0.0104. The topological polar surface area (TPSA) is 177 Å². The van der Waals surface area contributed by atoms with Crippen LogP contribution in [0, 0.1) is 11.2 Å². The molecule has 1 aromatic rings. The van der Waals surface area contributed by atoms with Gasteiger partial charge in [-0.1, -0.05) is 20.3 Å². The molecule has 2 aliphatic rings. The van der Waals surface area contributed by atoms with Gasteiger partial charge < -0.3 is 27.7 Å². The SMILES string of the molecule is C/C(N)=C1\C(=O)CC(C)(C)CC1=Nc1cc(N)c(C(N)=O)c(F)c1.NCC(=O)OC1CCCCC1. The summed E-state index contributed by atoms with van der Waals surface area (Å²) in [4.78, 5) is 38.7. The normalized spacial score (nSPS) is 20.6. The number of nitrogens with two attached hydrogens (primary N) is 4. The van der Waals surface area contributed by atoms with Gasteiger partial charge in [0, 0.05) is 23.9 Å². The summed E-state index contributed by atoms with van der Waals surface area (Å²) in [6.45, 7) is 5.55. The quantitative estimate of drug-likeness (QED) is 0.285. The molecule has 9 nitrogen and oxygen atoms in total. The number of rotatable bonds is 4. The molecular weight excluding hydrogens is 453 g/mol. The van der Waals surface area contributed by atoms with Crippen LogP contribution in [0.1, 0.15) is 76.1 Å². The summed E-state index contributed by atoms with van der Waals surface area (Å²) in [5, 5.41) is 0. The molecule has 0 aromatic heterocycles. The first kappa shape index (κ1) is 28.0. The first-order valence-corrected chi connectivity index (χ1v) is 11.7. The van der Waals surface area contributed by atoms with Crippen LogP contribution in [-0.2, 0) is 14.3 Å². The highest BCUT2D eigenvalue weighted by Gasteiger charge is 2.35. The summed E-state index contributed by atoms with van der Waals surface area (Å²) in [5.74, 6) is -2.15. The molecule has 0 bridgehead atoms. The van der Waals surface area contributed by atoms with Crippen molar-refractivity contribution >= 4 is 34.7 Å². The van der Waals surface area contributed by atoms with E-state index in [1.165, 1.54) is 25.3 Å². The van der Waals surface area contributed by atoms with Crippen molar-refractivity contribution < 1.29 is 23.5 Å². The van der Waals surface area contributed by atoms with Gasteiger partial charge in [0.1, 0.15) is 11.9 Å². The second-order valence-corrected chi connectivity index (χ2v) is 9.77. The molecule has 10 heteroatoms. The van der Waals surface area contributed by atoms with Crippen LogP contribution in [-0.4, -0.2) is 36.0 Å². The van der Waals surface area contributed by atoms with E-state index in [9.17, 15) is 18.8 Å². The number of carbonyl (C=O) groups excluding carboxylic acids is 3. The third-order valence-electron chi connectivity index (χ3n) is 5.88. The van der Waals surface area contributed by atoms with Crippen molar-refractivity contribution in [3.05, 3.63) is 34.8 Å². The number of anilines is 1. The molecule has 2 aliphatic carbocycles. The zero-order valence-corrected chi connectivity index (χ0v) is 20.7. The predicted octanol–water partition coefficient (Wildman–Crippen LogP) is 3.02. The van der Waals surface area contributed by atoms with E-state index in [-0.39, 0.29) is 46.8 Å². The largest absolute Gasteiger partial charge is 0.461 e. The average molecular weight is 490 g/mol. The fourth-order valence-electron chi connectivity index (χ4n) is 4.34. The van der Waals surface area contributed by atoms with Crippen molar-refractivity contribution in [1.82, 2.24) is 0 Å². The minimum atomic E-state index is -0.948. The van der Waals surface area contributed by atoms with Crippen molar-refractivity contribution in [2.45, 2.75) is 71.8 Å². The number of benzene rings is 1. The van der Waals surface area contributed by atoms with E-state index in [0.717, 1.165) is 18.9 Å². The van der Waals surface area contributed by atoms with E-state index >= 15 is 0 Å². The Morgan fingerprint density at radius 2 is 1.77 bits per heavy atom. The Morgan fingerprint density at radius 1 is 1.14 bits per heavy atom. The third kappa shape index (κ3) is 7.88. The lowest BCUT2D eigenvalue weighted by molar-refractivity contribution is -0.148. The van der Waals surface area contributed by atoms with Crippen molar-refractivity contribution in [2.75, 3.05) is 12.3 Å². The van der Waals surface area contributed by atoms with Gasteiger partial charge in [0.15, 0.2) is 5.78 Å². The van der Waals surface area contributed by atoms with E-state index in [1.807, 2.05) is 13.8 Å². The number of hydrogen-bond donors (Lipinski definition) is 4. The zero-order valence-electron chi connectivity index (χ0n) is 20.7. The second kappa shape index (κ2) is 11.9. The Kier molecular flexibility index (Phi) is 9.53. The number of esters is 1. The number of nitrogen functional groups attached to an aromatic ring is 1. The lowest BCUT2D eigenvalue weighted by Gasteiger charge is -2.31. The van der Waals surface area contributed by atoms with E-state index in [2.05, 4.69) is 4.99 Å². The summed E-state index contributed by atoms with van der Waals surface area (Å²) >= 11 is 0. The highest BCUT2D eigenvalue weighted by Crippen LogP contribution is 2.36. The first-order valence-electron chi connectivity index (χ1n) is 11.7. The van der Waals surface area contributed by atoms with Gasteiger partial charge >= 0.3 is 5.97 Å². The van der Waals surface area contributed by atoms with E-state index in [0.29, 0.717) is 29.8 Å². The highest BCUT2D eigenvalue weighted by atomic mass is 19.1. The van der Waals surface area contributed by atoms with Crippen LogP contribution in [0.25, 0.3) is 0 Å². The van der Waals surface area contributed by atoms with E-state index in [1.54, 1.807) is 6.92 Å². The van der Waals surface area contributed by atoms with Crippen molar-refractivity contribution in [1.29, 1.82) is 0 Å². The summed E-state index contributed by atoms with van der Waals surface area (Å²) in [6, 6.07) is 2.42. The molecule has 1 amide bonds. The third-order valence-corrected chi connectivity index (χ3v) is 5.88. The molecule has 0 atom stereocenters. The number of ether oxygens (including phenoxy) is 1. The summed E-state index contributed by atoms with van der Waals surface area (Å²) in [7, 11) is 0. The molecule has 0 unspecified atom stereocenters. The van der Waals surface area contributed by atoms with Gasteiger partial charge in [-0.15, -0.1) is 0 Å². The van der Waals surface area contributed by atoms with Gasteiger partial charge in [0.2, 0.25) is 0 Å². The minimum Gasteiger partial charge on any atom is -0.461 e. The Hall–Kier alpha value is -3.27. The molecule has 192 valence electrons. The molecule has 0 spiro atoms. The molecule has 8 N–H and O–H groups in total. The lowest BCUT2D eigenvalue weighted by Crippen LogP contribution is -2.33. The van der Waals surface area contributed by atoms with E-state index < -0.39 is 11.7 Å². The molecule has 2 saturated carbocycles. The maximum atomic E-state index is 14.0. The fraction of sp³-hybridized carbons (Fsp3) is 0.520. The molecule has 3 rings (SSSR count). The number of hydrogen-bond acceptors (Lipinski definition) is 8. The second-order valence-electron chi connectivity index (χ2n) is 9.77. The van der Waals surface area contributed by atoms with Crippen molar-refractivity contribution in [3.63, 3.8) is 0 Å². The number of halogens is 1. The zero-order chi connectivity index (χ0) is 26.3. The smallest absolute Gasteiger partial charge is 0.319 e. The molecule has 0 heterocycles. The van der Waals surface area contributed by atoms with Crippen LogP contribution in [0.2, 0.25) is 0 Å². The number of nitrogens with zero attached hydrogens (tertiary/aromatic N) is 1. The number of amides is 1. The van der Waals surface area contributed by atoms with Crippen molar-refractivity contribution in [3.8, 4) is 0 Å². The van der Waals surface area contributed by atoms with Gasteiger partial charge in [0.05, 0.1) is 29.1 Å². The van der Waals surface area contributed by atoms with Gasteiger partial charge in [-0.2, -0.15) is 0 Å². The number of ketones is 1. The molecule has 2 fully saturated rings. The lowest BCUT2D eigenvalue weighted by atomic mass is 9.73. The van der Waals surface area contributed by atoms with Crippen LogP contribution in [0.3, 0.4) is 0 Å². The van der Waals surface area contributed by atoms with Crippen molar-refractivity contribution in [2.24, 2.45) is 27.6 Å². The molecule has 1 aromatic carbocycles. The Labute approximate surface area is 205 Å². The predicted molar refractivity (Wildman–Crippen MR) is 133 cm³/mol. The van der Waals surface area contributed by atoms with Crippen LogP contribution < -0.4 is 22.9 Å². The molecule has 0 saturated heterocycles. The Balaban J connectivity index is 0.000000328. The summed E-state index contributed by atoms with van der Waals surface area (Å²) in [6.07, 6.45) is 6.72. The maximum absolute atomic E-state index is 14.0.